The molecule has 3 fully saturated rings. The maximum Gasteiger partial charge on any atom is 0.331 e. The molecule has 0 amide bonds. The molecule has 126 valence electrons. The van der Waals surface area contributed by atoms with Gasteiger partial charge in [0.2, 0.25) is 0 Å². The molecule has 1 aromatic carbocycles. The fourth-order valence-corrected chi connectivity index (χ4v) is 3.89. The fraction of sp³-hybridized carbons (Fsp3) is 0.632. The second-order valence-corrected chi connectivity index (χ2v) is 7.03. The van der Waals surface area contributed by atoms with Crippen LogP contribution in [0.4, 0.5) is 0 Å². The molecule has 1 aromatic rings. The number of methoxy groups -OCH3 is 1. The number of carbonyl (C=O) groups excluding carboxylic acids is 1. The molecular weight excluding hydrogens is 292 g/mol. The lowest BCUT2D eigenvalue weighted by atomic mass is 9.63. The summed E-state index contributed by atoms with van der Waals surface area (Å²) in [6.45, 7) is 3.56. The Hall–Kier alpha value is -1.39. The van der Waals surface area contributed by atoms with Crippen molar-refractivity contribution in [1.29, 1.82) is 0 Å². The molecule has 0 N–H and O–H groups in total. The summed E-state index contributed by atoms with van der Waals surface area (Å²) in [4.78, 5) is 11.1. The van der Waals surface area contributed by atoms with Crippen molar-refractivity contribution < 1.29 is 19.0 Å². The maximum absolute atomic E-state index is 11.1. The van der Waals surface area contributed by atoms with Gasteiger partial charge in [0.25, 0.3) is 0 Å². The molecular formula is C19H26O4. The third-order valence-corrected chi connectivity index (χ3v) is 5.54. The van der Waals surface area contributed by atoms with E-state index < -0.39 is 0 Å². The molecule has 2 heterocycles. The zero-order chi connectivity index (χ0) is 16.3. The van der Waals surface area contributed by atoms with Crippen LogP contribution in [0.15, 0.2) is 24.3 Å². The third-order valence-electron chi connectivity index (χ3n) is 5.54. The van der Waals surface area contributed by atoms with Crippen LogP contribution in [-0.2, 0) is 24.6 Å². The number of ether oxygens (including phenoxy) is 3. The summed E-state index contributed by atoms with van der Waals surface area (Å²) in [6, 6.07) is 8.72. The van der Waals surface area contributed by atoms with Crippen LogP contribution in [0.1, 0.15) is 43.2 Å². The van der Waals surface area contributed by atoms with Crippen molar-refractivity contribution in [3.63, 3.8) is 0 Å². The highest BCUT2D eigenvalue weighted by Gasteiger charge is 2.50. The maximum atomic E-state index is 11.1. The number of carbonyl (C=O) groups is 1. The summed E-state index contributed by atoms with van der Waals surface area (Å²) < 4.78 is 16.4. The van der Waals surface area contributed by atoms with E-state index in [0.29, 0.717) is 6.61 Å². The standard InChI is InChI=1S/C19H26O4/c1-15-4-3-5-16(12-15)19-8-6-18(7-9-19,14-23-19)10-11-22-13-17(20)21-2/h3-5,12H,6-11,13-14H2,1-2H3. The number of benzene rings is 1. The van der Waals surface area contributed by atoms with Crippen LogP contribution in [-0.4, -0.2) is 32.9 Å². The number of hydrogen-bond donors (Lipinski definition) is 0. The van der Waals surface area contributed by atoms with Gasteiger partial charge in [-0.1, -0.05) is 29.8 Å². The van der Waals surface area contributed by atoms with E-state index >= 15 is 0 Å². The van der Waals surface area contributed by atoms with Gasteiger partial charge in [0, 0.05) is 6.61 Å². The smallest absolute Gasteiger partial charge is 0.331 e. The van der Waals surface area contributed by atoms with E-state index in [9.17, 15) is 4.79 Å². The normalized spacial score (nSPS) is 29.5. The molecule has 0 radical (unpaired) electrons. The topological polar surface area (TPSA) is 44.8 Å². The van der Waals surface area contributed by atoms with Crippen molar-refractivity contribution in [2.45, 2.75) is 44.6 Å². The van der Waals surface area contributed by atoms with E-state index in [1.54, 1.807) is 0 Å². The summed E-state index contributed by atoms with van der Waals surface area (Å²) in [5.74, 6) is -0.315. The van der Waals surface area contributed by atoms with Crippen molar-refractivity contribution in [3.8, 4) is 0 Å². The average molecular weight is 318 g/mol. The Labute approximate surface area is 138 Å². The zero-order valence-electron chi connectivity index (χ0n) is 14.1. The largest absolute Gasteiger partial charge is 0.467 e. The summed E-state index contributed by atoms with van der Waals surface area (Å²) >= 11 is 0. The fourth-order valence-electron chi connectivity index (χ4n) is 3.89. The number of fused-ring (bicyclic) bond motifs is 3. The first-order valence-corrected chi connectivity index (χ1v) is 8.43. The minimum atomic E-state index is -0.315. The Balaban J connectivity index is 1.56. The van der Waals surface area contributed by atoms with Gasteiger partial charge < -0.3 is 14.2 Å². The molecule has 23 heavy (non-hydrogen) atoms. The van der Waals surface area contributed by atoms with Gasteiger partial charge in [-0.2, -0.15) is 0 Å². The average Bonchev–Trinajstić information content (AvgIpc) is 2.60. The van der Waals surface area contributed by atoms with Crippen LogP contribution in [0.2, 0.25) is 0 Å². The quantitative estimate of drug-likeness (QED) is 0.596. The molecule has 3 aliphatic rings. The molecule has 1 saturated carbocycles. The Bertz CT molecular complexity index is 542. The van der Waals surface area contributed by atoms with Crippen LogP contribution in [0.25, 0.3) is 0 Å². The van der Waals surface area contributed by atoms with Gasteiger partial charge in [-0.05, 0) is 50.0 Å². The Kier molecular flexibility index (Phi) is 4.74. The molecule has 4 heteroatoms. The number of rotatable bonds is 6. The van der Waals surface area contributed by atoms with Crippen LogP contribution >= 0.6 is 0 Å². The molecule has 0 atom stereocenters. The van der Waals surface area contributed by atoms with Gasteiger partial charge in [0.05, 0.1) is 19.3 Å². The van der Waals surface area contributed by atoms with Crippen molar-refractivity contribution in [2.75, 3.05) is 26.9 Å². The van der Waals surface area contributed by atoms with E-state index in [4.69, 9.17) is 9.47 Å². The van der Waals surface area contributed by atoms with Gasteiger partial charge in [0.1, 0.15) is 6.61 Å². The molecule has 2 saturated heterocycles. The van der Waals surface area contributed by atoms with Gasteiger partial charge in [-0.25, -0.2) is 4.79 Å². The van der Waals surface area contributed by atoms with Crippen molar-refractivity contribution >= 4 is 5.97 Å². The lowest BCUT2D eigenvalue weighted by Gasteiger charge is -2.53. The van der Waals surface area contributed by atoms with Gasteiger partial charge >= 0.3 is 5.97 Å². The molecule has 0 unspecified atom stereocenters. The van der Waals surface area contributed by atoms with Crippen LogP contribution in [0, 0.1) is 12.3 Å². The number of hydrogen-bond acceptors (Lipinski definition) is 4. The predicted octanol–water partition coefficient (Wildman–Crippen LogP) is 3.36. The lowest BCUT2D eigenvalue weighted by Crippen LogP contribution is -2.49. The molecule has 4 rings (SSSR count). The van der Waals surface area contributed by atoms with Crippen LogP contribution < -0.4 is 0 Å². The van der Waals surface area contributed by atoms with E-state index in [-0.39, 0.29) is 23.6 Å². The van der Waals surface area contributed by atoms with Gasteiger partial charge in [0.15, 0.2) is 0 Å². The first-order valence-electron chi connectivity index (χ1n) is 8.43. The first kappa shape index (κ1) is 16.5. The summed E-state index contributed by atoms with van der Waals surface area (Å²) in [5.41, 5.74) is 2.76. The van der Waals surface area contributed by atoms with Crippen molar-refractivity contribution in [2.24, 2.45) is 5.41 Å². The lowest BCUT2D eigenvalue weighted by molar-refractivity contribution is -0.194. The monoisotopic (exact) mass is 318 g/mol. The van der Waals surface area contributed by atoms with Crippen molar-refractivity contribution in [1.82, 2.24) is 0 Å². The number of aryl methyl sites for hydroxylation is 1. The highest BCUT2D eigenvalue weighted by molar-refractivity contribution is 5.70. The van der Waals surface area contributed by atoms with E-state index in [2.05, 4.69) is 35.9 Å². The summed E-state index contributed by atoms with van der Waals surface area (Å²) in [6.07, 6.45) is 5.44. The summed E-state index contributed by atoms with van der Waals surface area (Å²) in [5, 5.41) is 0. The highest BCUT2D eigenvalue weighted by Crippen LogP contribution is 2.54. The Morgan fingerprint density at radius 1 is 1.26 bits per heavy atom. The number of esters is 1. The van der Waals surface area contributed by atoms with E-state index in [1.165, 1.54) is 31.1 Å². The molecule has 0 spiro atoms. The van der Waals surface area contributed by atoms with Gasteiger partial charge in [-0.15, -0.1) is 0 Å². The molecule has 2 bridgehead atoms. The Morgan fingerprint density at radius 2 is 2.04 bits per heavy atom. The first-order chi connectivity index (χ1) is 11.1. The van der Waals surface area contributed by atoms with Gasteiger partial charge in [-0.3, -0.25) is 0 Å². The minimum absolute atomic E-state index is 0.0423. The molecule has 0 aromatic heterocycles. The van der Waals surface area contributed by atoms with E-state index in [1.807, 2.05) is 0 Å². The van der Waals surface area contributed by atoms with Crippen LogP contribution in [0.3, 0.4) is 0 Å². The molecule has 4 nitrogen and oxygen atoms in total. The second kappa shape index (κ2) is 6.62. The van der Waals surface area contributed by atoms with Crippen LogP contribution in [0.5, 0.6) is 0 Å². The SMILES string of the molecule is COC(=O)COCCC12CCC(c3cccc(C)c3)(CC1)OC2. The summed E-state index contributed by atoms with van der Waals surface area (Å²) in [7, 11) is 1.38. The molecule has 2 aliphatic heterocycles. The third kappa shape index (κ3) is 3.43. The second-order valence-electron chi connectivity index (χ2n) is 7.03. The minimum Gasteiger partial charge on any atom is -0.467 e. The Morgan fingerprint density at radius 3 is 2.65 bits per heavy atom. The van der Waals surface area contributed by atoms with E-state index in [0.717, 1.165) is 25.9 Å². The molecule has 1 aliphatic carbocycles. The zero-order valence-corrected chi connectivity index (χ0v) is 14.1. The highest BCUT2D eigenvalue weighted by atomic mass is 16.6. The predicted molar refractivity (Wildman–Crippen MR) is 87.2 cm³/mol. The van der Waals surface area contributed by atoms with Crippen molar-refractivity contribution in [3.05, 3.63) is 35.4 Å².